The Morgan fingerprint density at radius 3 is 2.70 bits per heavy atom. The predicted octanol–water partition coefficient (Wildman–Crippen LogP) is 4.23. The van der Waals surface area contributed by atoms with Gasteiger partial charge in [-0.25, -0.2) is 14.6 Å². The van der Waals surface area contributed by atoms with Gasteiger partial charge in [-0.3, -0.25) is 4.79 Å². The zero-order valence-electron chi connectivity index (χ0n) is 17.0. The molecule has 3 heterocycles. The molecule has 0 unspecified atom stereocenters. The molecule has 8 heteroatoms. The summed E-state index contributed by atoms with van der Waals surface area (Å²) in [6, 6.07) is 13.6. The quantitative estimate of drug-likeness (QED) is 0.417. The molecule has 0 bridgehead atoms. The molecule has 0 aliphatic carbocycles. The minimum Gasteiger partial charge on any atom is -0.368 e. The van der Waals surface area contributed by atoms with Crippen LogP contribution in [0.25, 0.3) is 16.7 Å². The highest BCUT2D eigenvalue weighted by Crippen LogP contribution is 2.26. The molecule has 0 saturated carbocycles. The highest BCUT2D eigenvalue weighted by molar-refractivity contribution is 7.12. The zero-order chi connectivity index (χ0) is 20.9. The van der Waals surface area contributed by atoms with E-state index in [9.17, 15) is 4.79 Å². The van der Waals surface area contributed by atoms with Gasteiger partial charge in [-0.1, -0.05) is 38.1 Å². The molecule has 0 aliphatic rings. The number of anilines is 1. The largest absolute Gasteiger partial charge is 0.368 e. The maximum atomic E-state index is 12.1. The Morgan fingerprint density at radius 2 is 1.97 bits per heavy atom. The van der Waals surface area contributed by atoms with Crippen molar-refractivity contribution in [2.75, 3.05) is 18.4 Å². The van der Waals surface area contributed by atoms with Crippen molar-refractivity contribution in [3.63, 3.8) is 0 Å². The third-order valence-corrected chi connectivity index (χ3v) is 5.82. The molecule has 0 radical (unpaired) electrons. The van der Waals surface area contributed by atoms with Gasteiger partial charge in [0.25, 0.3) is 5.91 Å². The molecule has 1 atom stereocenters. The van der Waals surface area contributed by atoms with E-state index in [0.717, 1.165) is 34.8 Å². The van der Waals surface area contributed by atoms with E-state index in [1.807, 2.05) is 52.5 Å². The van der Waals surface area contributed by atoms with Crippen LogP contribution >= 0.6 is 11.3 Å². The molecule has 30 heavy (non-hydrogen) atoms. The van der Waals surface area contributed by atoms with Crippen molar-refractivity contribution in [2.45, 2.75) is 26.2 Å². The lowest BCUT2D eigenvalue weighted by Gasteiger charge is -2.13. The molecule has 2 N–H and O–H groups in total. The van der Waals surface area contributed by atoms with Crippen molar-refractivity contribution in [2.24, 2.45) is 0 Å². The first-order chi connectivity index (χ1) is 14.7. The molecular weight excluding hydrogens is 396 g/mol. The van der Waals surface area contributed by atoms with Gasteiger partial charge in [0.1, 0.15) is 11.6 Å². The Bertz CT molecular complexity index is 1120. The number of nitrogens with zero attached hydrogens (tertiary/aromatic N) is 4. The highest BCUT2D eigenvalue weighted by atomic mass is 32.1. The van der Waals surface area contributed by atoms with E-state index in [1.54, 1.807) is 6.20 Å². The number of para-hydroxylation sites is 1. The van der Waals surface area contributed by atoms with Crippen molar-refractivity contribution in [3.05, 3.63) is 64.7 Å². The van der Waals surface area contributed by atoms with E-state index in [1.165, 1.54) is 11.3 Å². The molecule has 1 amide bonds. The lowest BCUT2D eigenvalue weighted by Crippen LogP contribution is -2.28. The Hall–Kier alpha value is -3.26. The van der Waals surface area contributed by atoms with Crippen LogP contribution in [-0.4, -0.2) is 38.7 Å². The standard InChI is InChI=1S/C22H24N6OS/c1-3-15(2)19-26-20(23-11-12-24-22(29)18-10-7-13-30-18)17-14-25-28(21(17)27-19)16-8-5-4-6-9-16/h4-10,13-15H,3,11-12H2,1-2H3,(H,24,29)(H,23,26,27)/t15-/m0/s1. The van der Waals surface area contributed by atoms with Crippen LogP contribution in [0, 0.1) is 0 Å². The lowest BCUT2D eigenvalue weighted by atomic mass is 10.1. The summed E-state index contributed by atoms with van der Waals surface area (Å²) in [6.07, 6.45) is 2.73. The fourth-order valence-corrected chi connectivity index (χ4v) is 3.71. The fourth-order valence-electron chi connectivity index (χ4n) is 3.07. The molecule has 154 valence electrons. The molecule has 4 aromatic rings. The Kier molecular flexibility index (Phi) is 6.04. The van der Waals surface area contributed by atoms with Gasteiger partial charge in [-0.15, -0.1) is 11.3 Å². The second-order valence-electron chi connectivity index (χ2n) is 7.03. The van der Waals surface area contributed by atoms with Crippen LogP contribution in [0.5, 0.6) is 0 Å². The van der Waals surface area contributed by atoms with Gasteiger partial charge in [-0.05, 0) is 30.0 Å². The maximum absolute atomic E-state index is 12.1. The predicted molar refractivity (Wildman–Crippen MR) is 121 cm³/mol. The normalized spacial score (nSPS) is 12.1. The van der Waals surface area contributed by atoms with Crippen LogP contribution in [0.2, 0.25) is 0 Å². The van der Waals surface area contributed by atoms with Crippen LogP contribution in [0.1, 0.15) is 41.7 Å². The maximum Gasteiger partial charge on any atom is 0.261 e. The molecule has 7 nitrogen and oxygen atoms in total. The fraction of sp³-hybridized carbons (Fsp3) is 0.273. The SMILES string of the molecule is CC[C@H](C)c1nc(NCCNC(=O)c2cccs2)c2cnn(-c3ccccc3)c2n1. The number of benzene rings is 1. The number of thiophene rings is 1. The highest BCUT2D eigenvalue weighted by Gasteiger charge is 2.16. The summed E-state index contributed by atoms with van der Waals surface area (Å²) < 4.78 is 1.84. The van der Waals surface area contributed by atoms with E-state index >= 15 is 0 Å². The van der Waals surface area contributed by atoms with Crippen molar-refractivity contribution in [1.82, 2.24) is 25.1 Å². The second kappa shape index (κ2) is 9.04. The van der Waals surface area contributed by atoms with Gasteiger partial charge in [0, 0.05) is 19.0 Å². The second-order valence-corrected chi connectivity index (χ2v) is 7.98. The Balaban J connectivity index is 1.57. The first-order valence-electron chi connectivity index (χ1n) is 10.0. The summed E-state index contributed by atoms with van der Waals surface area (Å²) in [7, 11) is 0. The monoisotopic (exact) mass is 420 g/mol. The summed E-state index contributed by atoms with van der Waals surface area (Å²) in [5.41, 5.74) is 1.73. The van der Waals surface area contributed by atoms with E-state index in [-0.39, 0.29) is 11.8 Å². The summed E-state index contributed by atoms with van der Waals surface area (Å²) in [5, 5.41) is 13.6. The summed E-state index contributed by atoms with van der Waals surface area (Å²) >= 11 is 1.43. The van der Waals surface area contributed by atoms with Gasteiger partial charge < -0.3 is 10.6 Å². The lowest BCUT2D eigenvalue weighted by molar-refractivity contribution is 0.0959. The Labute approximate surface area is 179 Å². The van der Waals surface area contributed by atoms with Crippen molar-refractivity contribution >= 4 is 34.1 Å². The number of rotatable bonds is 8. The number of nitrogens with one attached hydrogen (secondary N) is 2. The van der Waals surface area contributed by atoms with Crippen LogP contribution in [-0.2, 0) is 0 Å². The van der Waals surface area contributed by atoms with Gasteiger partial charge in [-0.2, -0.15) is 5.10 Å². The Morgan fingerprint density at radius 1 is 1.13 bits per heavy atom. The topological polar surface area (TPSA) is 84.7 Å². The molecule has 3 aromatic heterocycles. The van der Waals surface area contributed by atoms with Crippen molar-refractivity contribution < 1.29 is 4.79 Å². The number of fused-ring (bicyclic) bond motifs is 1. The van der Waals surface area contributed by atoms with Gasteiger partial charge >= 0.3 is 0 Å². The molecular formula is C22H24N6OS. The van der Waals surface area contributed by atoms with Crippen LogP contribution in [0.4, 0.5) is 5.82 Å². The average Bonchev–Trinajstić information content (AvgIpc) is 3.46. The molecule has 0 fully saturated rings. The smallest absolute Gasteiger partial charge is 0.261 e. The third-order valence-electron chi connectivity index (χ3n) is 4.95. The summed E-state index contributed by atoms with van der Waals surface area (Å²) in [6.45, 7) is 5.29. The van der Waals surface area contributed by atoms with E-state index in [2.05, 4.69) is 29.6 Å². The number of carbonyl (C=O) groups is 1. The zero-order valence-corrected chi connectivity index (χ0v) is 17.8. The molecule has 0 spiro atoms. The number of hydrogen-bond acceptors (Lipinski definition) is 6. The van der Waals surface area contributed by atoms with Crippen LogP contribution < -0.4 is 10.6 Å². The van der Waals surface area contributed by atoms with E-state index in [4.69, 9.17) is 9.97 Å². The van der Waals surface area contributed by atoms with Crippen molar-refractivity contribution in [1.29, 1.82) is 0 Å². The number of amides is 1. The first kappa shape index (κ1) is 20.0. The summed E-state index contributed by atoms with van der Waals surface area (Å²) in [4.78, 5) is 22.4. The van der Waals surface area contributed by atoms with Gasteiger partial charge in [0.15, 0.2) is 5.65 Å². The minimum absolute atomic E-state index is 0.0585. The molecule has 1 aromatic carbocycles. The first-order valence-corrected chi connectivity index (χ1v) is 10.9. The van der Waals surface area contributed by atoms with Gasteiger partial charge in [0.2, 0.25) is 0 Å². The van der Waals surface area contributed by atoms with Gasteiger partial charge in [0.05, 0.1) is 22.1 Å². The molecule has 0 aliphatic heterocycles. The molecule has 0 saturated heterocycles. The number of hydrogen-bond donors (Lipinski definition) is 2. The summed E-state index contributed by atoms with van der Waals surface area (Å²) in [5.74, 6) is 1.69. The van der Waals surface area contributed by atoms with E-state index < -0.39 is 0 Å². The van der Waals surface area contributed by atoms with Crippen molar-refractivity contribution in [3.8, 4) is 5.69 Å². The van der Waals surface area contributed by atoms with Crippen LogP contribution in [0.3, 0.4) is 0 Å². The van der Waals surface area contributed by atoms with E-state index in [0.29, 0.717) is 18.0 Å². The number of aromatic nitrogens is 4. The minimum atomic E-state index is -0.0585. The average molecular weight is 421 g/mol. The third kappa shape index (κ3) is 4.18. The number of carbonyl (C=O) groups excluding carboxylic acids is 1. The van der Waals surface area contributed by atoms with Crippen LogP contribution in [0.15, 0.2) is 54.0 Å². The molecule has 4 rings (SSSR count).